The highest BCUT2D eigenvalue weighted by molar-refractivity contribution is 5.87. The van der Waals surface area contributed by atoms with Gasteiger partial charge in [-0.1, -0.05) is 13.8 Å². The Hall–Kier alpha value is -1.14. The van der Waals surface area contributed by atoms with Gasteiger partial charge in [0.15, 0.2) is 0 Å². The van der Waals surface area contributed by atoms with Crippen LogP contribution in [-0.4, -0.2) is 47.3 Å². The van der Waals surface area contributed by atoms with Crippen molar-refractivity contribution in [3.63, 3.8) is 0 Å². The van der Waals surface area contributed by atoms with Crippen LogP contribution in [0.2, 0.25) is 0 Å². The summed E-state index contributed by atoms with van der Waals surface area (Å²) in [7, 11) is 0. The minimum absolute atomic E-state index is 0.0220. The van der Waals surface area contributed by atoms with Crippen molar-refractivity contribution in [3.05, 3.63) is 0 Å². The van der Waals surface area contributed by atoms with E-state index in [0.717, 1.165) is 19.4 Å². The van der Waals surface area contributed by atoms with Gasteiger partial charge in [0, 0.05) is 13.0 Å². The fourth-order valence-electron chi connectivity index (χ4n) is 2.30. The number of hydrogen-bond acceptors (Lipinski definition) is 4. The first-order valence-electron chi connectivity index (χ1n) is 6.26. The van der Waals surface area contributed by atoms with Crippen molar-refractivity contribution >= 4 is 11.9 Å². The van der Waals surface area contributed by atoms with E-state index < -0.39 is 12.0 Å². The number of amides is 1. The Balaban J connectivity index is 2.65. The number of carbonyl (C=O) groups is 2. The molecule has 1 amide bonds. The van der Waals surface area contributed by atoms with E-state index in [4.69, 9.17) is 10.2 Å². The number of piperidine rings is 1. The van der Waals surface area contributed by atoms with Crippen molar-refractivity contribution in [3.8, 4) is 0 Å². The molecule has 1 unspecified atom stereocenters. The molecule has 2 atom stereocenters. The summed E-state index contributed by atoms with van der Waals surface area (Å²) in [6.07, 6.45) is 1.96. The minimum atomic E-state index is -1.12. The molecule has 1 aliphatic rings. The maximum Gasteiger partial charge on any atom is 0.326 e. The maximum absolute atomic E-state index is 12.1. The van der Waals surface area contributed by atoms with E-state index in [1.165, 1.54) is 0 Å². The lowest BCUT2D eigenvalue weighted by Gasteiger charge is -2.38. The Morgan fingerprint density at radius 1 is 1.50 bits per heavy atom. The molecule has 1 fully saturated rings. The van der Waals surface area contributed by atoms with Gasteiger partial charge in [-0.15, -0.1) is 0 Å². The van der Waals surface area contributed by atoms with Gasteiger partial charge in [0.25, 0.3) is 0 Å². The zero-order valence-corrected chi connectivity index (χ0v) is 10.9. The number of carboxylic acid groups (broad SMARTS) is 1. The summed E-state index contributed by atoms with van der Waals surface area (Å²) in [5, 5.41) is 23.3. The van der Waals surface area contributed by atoms with E-state index in [2.05, 4.69) is 10.6 Å². The zero-order valence-electron chi connectivity index (χ0n) is 10.9. The van der Waals surface area contributed by atoms with Crippen molar-refractivity contribution in [2.45, 2.75) is 45.2 Å². The molecule has 0 spiro atoms. The SMILES string of the molecule is CC1(C)CCCNC1C(=O)N[C@H](CCO)C(=O)O. The predicted molar refractivity (Wildman–Crippen MR) is 66.1 cm³/mol. The summed E-state index contributed by atoms with van der Waals surface area (Å²) in [5.41, 5.74) is -0.190. The summed E-state index contributed by atoms with van der Waals surface area (Å²) in [5.74, 6) is -1.42. The van der Waals surface area contributed by atoms with Crippen LogP contribution in [0.5, 0.6) is 0 Å². The number of carboxylic acids is 1. The quantitative estimate of drug-likeness (QED) is 0.543. The molecule has 1 saturated heterocycles. The molecule has 0 aromatic heterocycles. The average molecular weight is 258 g/mol. The van der Waals surface area contributed by atoms with Gasteiger partial charge in [-0.3, -0.25) is 4.79 Å². The summed E-state index contributed by atoms with van der Waals surface area (Å²) in [6, 6.07) is -1.41. The van der Waals surface area contributed by atoms with E-state index >= 15 is 0 Å². The third-order valence-corrected chi connectivity index (χ3v) is 3.42. The smallest absolute Gasteiger partial charge is 0.326 e. The first-order chi connectivity index (χ1) is 8.38. The van der Waals surface area contributed by atoms with Crippen LogP contribution < -0.4 is 10.6 Å². The molecular formula is C12H22N2O4. The lowest BCUT2D eigenvalue weighted by atomic mass is 9.77. The average Bonchev–Trinajstić information content (AvgIpc) is 2.27. The fourth-order valence-corrected chi connectivity index (χ4v) is 2.30. The first-order valence-corrected chi connectivity index (χ1v) is 6.26. The Morgan fingerprint density at radius 2 is 2.17 bits per heavy atom. The van der Waals surface area contributed by atoms with E-state index in [9.17, 15) is 9.59 Å². The number of aliphatic carboxylic acids is 1. The van der Waals surface area contributed by atoms with Gasteiger partial charge >= 0.3 is 5.97 Å². The van der Waals surface area contributed by atoms with Crippen LogP contribution in [0.3, 0.4) is 0 Å². The summed E-state index contributed by atoms with van der Waals surface area (Å²) in [6.45, 7) is 4.48. The van der Waals surface area contributed by atoms with Crippen molar-refractivity contribution in [1.82, 2.24) is 10.6 Å². The zero-order chi connectivity index (χ0) is 13.8. The fraction of sp³-hybridized carbons (Fsp3) is 0.833. The second-order valence-electron chi connectivity index (χ2n) is 5.39. The monoisotopic (exact) mass is 258 g/mol. The van der Waals surface area contributed by atoms with Crippen molar-refractivity contribution in [1.29, 1.82) is 0 Å². The van der Waals surface area contributed by atoms with Gasteiger partial charge in [0.05, 0.1) is 6.04 Å². The summed E-state index contributed by atoms with van der Waals surface area (Å²) in [4.78, 5) is 23.0. The van der Waals surface area contributed by atoms with E-state index in [1.54, 1.807) is 0 Å². The van der Waals surface area contributed by atoms with Crippen LogP contribution in [-0.2, 0) is 9.59 Å². The molecule has 1 heterocycles. The highest BCUT2D eigenvalue weighted by atomic mass is 16.4. The number of rotatable bonds is 5. The molecular weight excluding hydrogens is 236 g/mol. The molecule has 0 radical (unpaired) electrons. The van der Waals surface area contributed by atoms with E-state index in [1.807, 2.05) is 13.8 Å². The molecule has 1 rings (SSSR count). The number of nitrogens with one attached hydrogen (secondary N) is 2. The molecule has 6 nitrogen and oxygen atoms in total. The lowest BCUT2D eigenvalue weighted by molar-refractivity contribution is -0.143. The normalized spacial score (nSPS) is 24.3. The molecule has 6 heteroatoms. The minimum Gasteiger partial charge on any atom is -0.480 e. The van der Waals surface area contributed by atoms with Crippen molar-refractivity contribution in [2.24, 2.45) is 5.41 Å². The Kier molecular flexibility index (Phi) is 5.10. The molecule has 4 N–H and O–H groups in total. The molecule has 0 aromatic rings. The van der Waals surface area contributed by atoms with Crippen molar-refractivity contribution < 1.29 is 19.8 Å². The van der Waals surface area contributed by atoms with Crippen LogP contribution in [0.4, 0.5) is 0 Å². The van der Waals surface area contributed by atoms with Crippen molar-refractivity contribution in [2.75, 3.05) is 13.2 Å². The molecule has 0 bridgehead atoms. The number of hydrogen-bond donors (Lipinski definition) is 4. The summed E-state index contributed by atoms with van der Waals surface area (Å²) < 4.78 is 0. The highest BCUT2D eigenvalue weighted by Crippen LogP contribution is 2.30. The molecule has 0 aliphatic carbocycles. The van der Waals surface area contributed by atoms with Crippen LogP contribution in [0.1, 0.15) is 33.1 Å². The molecule has 1 aliphatic heterocycles. The molecule has 104 valence electrons. The standard InChI is InChI=1S/C12H22N2O4/c1-12(2)5-3-6-13-9(12)10(16)14-8(4-7-15)11(17)18/h8-9,13,15H,3-7H2,1-2H3,(H,14,16)(H,17,18)/t8-,9?/m1/s1. The Morgan fingerprint density at radius 3 is 2.67 bits per heavy atom. The second kappa shape index (κ2) is 6.15. The Bertz CT molecular complexity index is 317. The van der Waals surface area contributed by atoms with Crippen LogP contribution in [0.25, 0.3) is 0 Å². The van der Waals surface area contributed by atoms with Gasteiger partial charge in [-0.25, -0.2) is 4.79 Å². The topological polar surface area (TPSA) is 98.7 Å². The number of aliphatic hydroxyl groups is 1. The second-order valence-corrected chi connectivity index (χ2v) is 5.39. The van der Waals surface area contributed by atoms with Gasteiger partial charge in [0.2, 0.25) is 5.91 Å². The van der Waals surface area contributed by atoms with Crippen LogP contribution in [0.15, 0.2) is 0 Å². The third-order valence-electron chi connectivity index (χ3n) is 3.42. The Labute approximate surface area is 107 Å². The molecule has 18 heavy (non-hydrogen) atoms. The third kappa shape index (κ3) is 3.68. The number of carbonyl (C=O) groups excluding carboxylic acids is 1. The highest BCUT2D eigenvalue weighted by Gasteiger charge is 2.38. The number of aliphatic hydroxyl groups excluding tert-OH is 1. The van der Waals surface area contributed by atoms with E-state index in [0.29, 0.717) is 0 Å². The molecule has 0 aromatic carbocycles. The maximum atomic E-state index is 12.1. The van der Waals surface area contributed by atoms with Gasteiger partial charge in [-0.2, -0.15) is 0 Å². The molecule has 0 saturated carbocycles. The van der Waals surface area contributed by atoms with Gasteiger partial charge in [-0.05, 0) is 24.8 Å². The predicted octanol–water partition coefficient (Wildman–Crippen LogP) is -0.284. The van der Waals surface area contributed by atoms with Gasteiger partial charge in [0.1, 0.15) is 6.04 Å². The lowest BCUT2D eigenvalue weighted by Crippen LogP contribution is -2.58. The first kappa shape index (κ1) is 14.9. The van der Waals surface area contributed by atoms with Crippen LogP contribution >= 0.6 is 0 Å². The van der Waals surface area contributed by atoms with Gasteiger partial charge < -0.3 is 20.8 Å². The van der Waals surface area contributed by atoms with E-state index in [-0.39, 0.29) is 30.4 Å². The largest absolute Gasteiger partial charge is 0.480 e. The van der Waals surface area contributed by atoms with Crippen LogP contribution in [0, 0.1) is 5.41 Å². The summed E-state index contributed by atoms with van der Waals surface area (Å²) >= 11 is 0.